The first-order chi connectivity index (χ1) is 15.2. The third-order valence-corrected chi connectivity index (χ3v) is 7.05. The van der Waals surface area contributed by atoms with Crippen LogP contribution in [0, 0.1) is 5.92 Å². The number of rotatable bonds is 7. The number of aryl methyl sites for hydroxylation is 1. The maximum atomic E-state index is 5.00. The van der Waals surface area contributed by atoms with E-state index in [4.69, 9.17) is 9.97 Å². The molecule has 2 atom stereocenters. The number of aromatic nitrogens is 3. The Labute approximate surface area is 185 Å². The molecule has 1 aliphatic carbocycles. The van der Waals surface area contributed by atoms with E-state index >= 15 is 0 Å². The van der Waals surface area contributed by atoms with E-state index in [1.165, 1.54) is 42.8 Å². The second-order valence-corrected chi connectivity index (χ2v) is 9.13. The molecule has 3 aromatic heterocycles. The molecule has 31 heavy (non-hydrogen) atoms. The summed E-state index contributed by atoms with van der Waals surface area (Å²) >= 11 is 0. The fraction of sp³-hybridized carbons (Fsp3) is 0.520. The first-order valence-corrected chi connectivity index (χ1v) is 11.7. The van der Waals surface area contributed by atoms with E-state index < -0.39 is 0 Å². The predicted molar refractivity (Wildman–Crippen MR) is 125 cm³/mol. The average Bonchev–Trinajstić information content (AvgIpc) is 3.21. The molecule has 4 heterocycles. The highest BCUT2D eigenvalue weighted by atomic mass is 15.2. The maximum Gasteiger partial charge on any atom is 0.138 e. The normalized spacial score (nSPS) is 21.1. The Bertz CT molecular complexity index is 1030. The summed E-state index contributed by atoms with van der Waals surface area (Å²) < 4.78 is 2.25. The zero-order valence-electron chi connectivity index (χ0n) is 18.8. The summed E-state index contributed by atoms with van der Waals surface area (Å²) in [6.45, 7) is 4.07. The van der Waals surface area contributed by atoms with E-state index in [1.54, 1.807) is 0 Å². The molecule has 0 unspecified atom stereocenters. The van der Waals surface area contributed by atoms with Crippen LogP contribution < -0.4 is 10.2 Å². The van der Waals surface area contributed by atoms with Crippen LogP contribution >= 0.6 is 0 Å². The van der Waals surface area contributed by atoms with Gasteiger partial charge in [0, 0.05) is 32.5 Å². The monoisotopic (exact) mass is 418 g/mol. The van der Waals surface area contributed by atoms with Crippen molar-refractivity contribution in [3.63, 3.8) is 0 Å². The molecule has 6 nitrogen and oxygen atoms in total. The van der Waals surface area contributed by atoms with Crippen LogP contribution in [0.25, 0.3) is 5.65 Å². The number of imidazole rings is 1. The van der Waals surface area contributed by atoms with Crippen LogP contribution in [0.2, 0.25) is 0 Å². The quantitative estimate of drug-likeness (QED) is 0.593. The van der Waals surface area contributed by atoms with Crippen LogP contribution in [0.5, 0.6) is 0 Å². The van der Waals surface area contributed by atoms with E-state index in [0.717, 1.165) is 49.9 Å². The van der Waals surface area contributed by atoms with Gasteiger partial charge >= 0.3 is 0 Å². The fourth-order valence-electron chi connectivity index (χ4n) is 5.55. The first kappa shape index (κ1) is 20.5. The second-order valence-electron chi connectivity index (χ2n) is 9.13. The van der Waals surface area contributed by atoms with Crippen LogP contribution in [-0.2, 0) is 13.0 Å². The molecule has 2 aliphatic rings. The van der Waals surface area contributed by atoms with Gasteiger partial charge < -0.3 is 10.2 Å². The minimum atomic E-state index is 0.437. The molecule has 1 aliphatic heterocycles. The summed E-state index contributed by atoms with van der Waals surface area (Å²) in [6, 6.07) is 11.2. The highest BCUT2D eigenvalue weighted by Gasteiger charge is 2.37. The van der Waals surface area contributed by atoms with Gasteiger partial charge in [-0.3, -0.25) is 14.3 Å². The number of likely N-dealkylation sites (tertiary alicyclic amines) is 1. The van der Waals surface area contributed by atoms with Gasteiger partial charge in [0.1, 0.15) is 11.5 Å². The van der Waals surface area contributed by atoms with Crippen molar-refractivity contribution >= 4 is 11.5 Å². The Morgan fingerprint density at radius 1 is 1.19 bits per heavy atom. The van der Waals surface area contributed by atoms with Crippen molar-refractivity contribution in [2.24, 2.45) is 5.92 Å². The predicted octanol–water partition coefficient (Wildman–Crippen LogP) is 3.67. The van der Waals surface area contributed by atoms with Gasteiger partial charge in [-0.25, -0.2) is 4.98 Å². The van der Waals surface area contributed by atoms with Gasteiger partial charge in [-0.1, -0.05) is 12.1 Å². The lowest BCUT2D eigenvalue weighted by Gasteiger charge is -2.44. The van der Waals surface area contributed by atoms with Crippen molar-refractivity contribution in [2.45, 2.75) is 44.7 Å². The highest BCUT2D eigenvalue weighted by Crippen LogP contribution is 2.43. The summed E-state index contributed by atoms with van der Waals surface area (Å²) in [6.07, 6.45) is 10.4. The Morgan fingerprint density at radius 2 is 2.13 bits per heavy atom. The molecule has 164 valence electrons. The molecule has 1 fully saturated rings. The number of nitrogens with zero attached hydrogens (tertiary/aromatic N) is 5. The van der Waals surface area contributed by atoms with Crippen LogP contribution in [0.15, 0.2) is 42.7 Å². The molecule has 0 saturated carbocycles. The van der Waals surface area contributed by atoms with E-state index in [2.05, 4.69) is 63.1 Å². The number of piperidine rings is 1. The lowest BCUT2D eigenvalue weighted by molar-refractivity contribution is 0.0687. The molecule has 0 bridgehead atoms. The lowest BCUT2D eigenvalue weighted by atomic mass is 9.77. The topological polar surface area (TPSA) is 48.7 Å². The summed E-state index contributed by atoms with van der Waals surface area (Å²) in [5.74, 6) is 1.93. The smallest absolute Gasteiger partial charge is 0.138 e. The number of pyridine rings is 2. The molecular weight excluding hydrogens is 384 g/mol. The van der Waals surface area contributed by atoms with Gasteiger partial charge in [-0.2, -0.15) is 0 Å². The summed E-state index contributed by atoms with van der Waals surface area (Å²) in [7, 11) is 4.18. The minimum Gasteiger partial charge on any atom is -0.361 e. The van der Waals surface area contributed by atoms with E-state index in [-0.39, 0.29) is 0 Å². The zero-order valence-corrected chi connectivity index (χ0v) is 18.8. The van der Waals surface area contributed by atoms with Crippen molar-refractivity contribution in [3.8, 4) is 0 Å². The Hall–Kier alpha value is -2.44. The van der Waals surface area contributed by atoms with Crippen LogP contribution in [-0.4, -0.2) is 53.0 Å². The number of fused-ring (bicyclic) bond motifs is 4. The molecule has 0 aromatic carbocycles. The summed E-state index contributed by atoms with van der Waals surface area (Å²) in [5.41, 5.74) is 4.94. The zero-order chi connectivity index (χ0) is 21.2. The van der Waals surface area contributed by atoms with E-state index in [0.29, 0.717) is 6.04 Å². The van der Waals surface area contributed by atoms with Crippen molar-refractivity contribution in [1.82, 2.24) is 24.6 Å². The number of hydrogen-bond donors (Lipinski definition) is 1. The summed E-state index contributed by atoms with van der Waals surface area (Å²) in [4.78, 5) is 14.8. The maximum absolute atomic E-state index is 5.00. The van der Waals surface area contributed by atoms with Crippen LogP contribution in [0.4, 0.5) is 5.82 Å². The standard InChI is InChI=1S/C25H34N6/c1-26-13-6-15-29(2)23-10-3-9-22-28-21(18-31(22)23)17-30-16-5-8-20-12-11-19-7-4-14-27-24(19)25(20)30/h3-4,7,9-10,14,18,20,25-26H,5-6,8,11-13,15-17H2,1-2H3/t20-,25-/m0/s1. The molecule has 0 spiro atoms. The number of hydrogen-bond acceptors (Lipinski definition) is 5. The molecule has 1 saturated heterocycles. The Balaban J connectivity index is 1.40. The molecule has 0 amide bonds. The molecule has 5 rings (SSSR count). The van der Waals surface area contributed by atoms with Gasteiger partial charge in [0.25, 0.3) is 0 Å². The fourth-order valence-corrected chi connectivity index (χ4v) is 5.55. The van der Waals surface area contributed by atoms with Gasteiger partial charge in [0.2, 0.25) is 0 Å². The van der Waals surface area contributed by atoms with Crippen molar-refractivity contribution in [2.75, 3.05) is 38.6 Å². The second kappa shape index (κ2) is 8.97. The average molecular weight is 419 g/mol. The van der Waals surface area contributed by atoms with E-state index in [9.17, 15) is 0 Å². The number of nitrogens with one attached hydrogen (secondary N) is 1. The molecule has 3 aromatic rings. The van der Waals surface area contributed by atoms with Gasteiger partial charge in [-0.05, 0) is 81.9 Å². The van der Waals surface area contributed by atoms with Crippen molar-refractivity contribution < 1.29 is 0 Å². The minimum absolute atomic E-state index is 0.437. The first-order valence-electron chi connectivity index (χ1n) is 11.7. The van der Waals surface area contributed by atoms with Crippen molar-refractivity contribution in [1.29, 1.82) is 0 Å². The van der Waals surface area contributed by atoms with E-state index in [1.807, 2.05) is 13.2 Å². The lowest BCUT2D eigenvalue weighted by Crippen LogP contribution is -2.41. The molecular formula is C25H34N6. The van der Waals surface area contributed by atoms with Crippen molar-refractivity contribution in [3.05, 3.63) is 59.7 Å². The molecule has 1 N–H and O–H groups in total. The largest absolute Gasteiger partial charge is 0.361 e. The third kappa shape index (κ3) is 4.06. The number of anilines is 1. The van der Waals surface area contributed by atoms with Crippen LogP contribution in [0.1, 0.15) is 48.7 Å². The Kier molecular flexibility index (Phi) is 5.92. The van der Waals surface area contributed by atoms with Gasteiger partial charge in [-0.15, -0.1) is 0 Å². The molecule has 0 radical (unpaired) electrons. The highest BCUT2D eigenvalue weighted by molar-refractivity contribution is 5.52. The summed E-state index contributed by atoms with van der Waals surface area (Å²) in [5, 5.41) is 3.23. The molecule has 6 heteroatoms. The van der Waals surface area contributed by atoms with Crippen LogP contribution in [0.3, 0.4) is 0 Å². The van der Waals surface area contributed by atoms with Gasteiger partial charge in [0.05, 0.1) is 17.4 Å². The van der Waals surface area contributed by atoms with Gasteiger partial charge in [0.15, 0.2) is 0 Å². The SMILES string of the molecule is CNCCCN(C)c1cccc2nc(CN3CCC[C@H]4CCc5cccnc5[C@H]43)cn12. The Morgan fingerprint density at radius 3 is 3.03 bits per heavy atom. The third-order valence-electron chi connectivity index (χ3n) is 7.05.